The predicted octanol–water partition coefficient (Wildman–Crippen LogP) is 3.70. The Morgan fingerprint density at radius 1 is 1.04 bits per heavy atom. The Balaban J connectivity index is 1.55. The van der Waals surface area contributed by atoms with Gasteiger partial charge in [0, 0.05) is 36.6 Å². The van der Waals surface area contributed by atoms with Gasteiger partial charge in [-0.15, -0.1) is 10.2 Å². The molecule has 0 fully saturated rings. The molecule has 0 amide bonds. The van der Waals surface area contributed by atoms with Crippen LogP contribution >= 0.6 is 0 Å². The van der Waals surface area contributed by atoms with Crippen LogP contribution in [0, 0.1) is 6.92 Å². The molecule has 1 aromatic carbocycles. The van der Waals surface area contributed by atoms with Gasteiger partial charge < -0.3 is 4.42 Å². The number of nitrogens with zero attached hydrogens (tertiary/aromatic N) is 6. The van der Waals surface area contributed by atoms with Crippen molar-refractivity contribution in [2.45, 2.75) is 33.2 Å². The Morgan fingerprint density at radius 3 is 2.59 bits per heavy atom. The van der Waals surface area contributed by atoms with E-state index in [4.69, 9.17) is 4.42 Å². The minimum atomic E-state index is 0.447. The van der Waals surface area contributed by atoms with Gasteiger partial charge in [0.25, 0.3) is 0 Å². The van der Waals surface area contributed by atoms with Crippen LogP contribution in [0.3, 0.4) is 0 Å². The third-order valence-corrected chi connectivity index (χ3v) is 4.17. The standard InChI is InChI=1S/C20H20N6O/c1-3-5-15-11-21-20(22-12-15)17-7-4-6-16(10-17)18-8-9-26(25-18)13-19-24-23-14(2)27-19/h4,6-12H,3,5,13H2,1-2H3. The molecule has 0 aliphatic rings. The lowest BCUT2D eigenvalue weighted by atomic mass is 10.1. The van der Waals surface area contributed by atoms with Crippen LogP contribution in [0.5, 0.6) is 0 Å². The summed E-state index contributed by atoms with van der Waals surface area (Å²) in [5.74, 6) is 1.81. The monoisotopic (exact) mass is 360 g/mol. The van der Waals surface area contributed by atoms with Crippen molar-refractivity contribution in [1.29, 1.82) is 0 Å². The van der Waals surface area contributed by atoms with E-state index >= 15 is 0 Å². The van der Waals surface area contributed by atoms with E-state index in [0.29, 0.717) is 18.3 Å². The predicted molar refractivity (Wildman–Crippen MR) is 101 cm³/mol. The molecule has 136 valence electrons. The fraction of sp³-hybridized carbons (Fsp3) is 0.250. The first-order valence-electron chi connectivity index (χ1n) is 8.95. The van der Waals surface area contributed by atoms with E-state index in [2.05, 4.69) is 38.3 Å². The van der Waals surface area contributed by atoms with Gasteiger partial charge in [-0.25, -0.2) is 9.97 Å². The van der Waals surface area contributed by atoms with E-state index in [-0.39, 0.29) is 0 Å². The second-order valence-electron chi connectivity index (χ2n) is 6.36. The molecule has 3 aromatic heterocycles. The van der Waals surface area contributed by atoms with Gasteiger partial charge >= 0.3 is 0 Å². The van der Waals surface area contributed by atoms with Crippen LogP contribution in [0.2, 0.25) is 0 Å². The van der Waals surface area contributed by atoms with Crippen LogP contribution in [0.15, 0.2) is 53.3 Å². The molecule has 0 unspecified atom stereocenters. The minimum Gasteiger partial charge on any atom is -0.424 e. The van der Waals surface area contributed by atoms with Crippen molar-refractivity contribution >= 4 is 0 Å². The Morgan fingerprint density at radius 2 is 1.85 bits per heavy atom. The van der Waals surface area contributed by atoms with E-state index in [1.807, 2.05) is 42.9 Å². The van der Waals surface area contributed by atoms with Crippen LogP contribution in [-0.4, -0.2) is 29.9 Å². The van der Waals surface area contributed by atoms with Gasteiger partial charge in [-0.1, -0.05) is 31.5 Å². The molecule has 0 aliphatic carbocycles. The SMILES string of the molecule is CCCc1cnc(-c2cccc(-c3ccn(Cc4nnc(C)o4)n3)c2)nc1. The van der Waals surface area contributed by atoms with Crippen molar-refractivity contribution in [3.05, 3.63) is 66.3 Å². The third-order valence-electron chi connectivity index (χ3n) is 4.17. The molecule has 0 atom stereocenters. The van der Waals surface area contributed by atoms with Crippen LogP contribution < -0.4 is 0 Å². The summed E-state index contributed by atoms with van der Waals surface area (Å²) in [6.07, 6.45) is 7.79. The smallest absolute Gasteiger partial charge is 0.237 e. The molecule has 4 rings (SSSR count). The highest BCUT2D eigenvalue weighted by atomic mass is 16.4. The third kappa shape index (κ3) is 3.92. The number of aryl methyl sites for hydroxylation is 2. The lowest BCUT2D eigenvalue weighted by Crippen LogP contribution is -2.00. The maximum absolute atomic E-state index is 5.41. The molecule has 0 saturated carbocycles. The highest BCUT2D eigenvalue weighted by Crippen LogP contribution is 2.23. The van der Waals surface area contributed by atoms with Crippen molar-refractivity contribution in [3.8, 4) is 22.6 Å². The van der Waals surface area contributed by atoms with Gasteiger partial charge in [0.15, 0.2) is 5.82 Å². The number of hydrogen-bond donors (Lipinski definition) is 0. The van der Waals surface area contributed by atoms with Crippen molar-refractivity contribution in [3.63, 3.8) is 0 Å². The van der Waals surface area contributed by atoms with Gasteiger partial charge in [0.2, 0.25) is 11.8 Å². The van der Waals surface area contributed by atoms with E-state index < -0.39 is 0 Å². The summed E-state index contributed by atoms with van der Waals surface area (Å²) in [6, 6.07) is 10.1. The Hall–Kier alpha value is -3.35. The molecule has 0 aliphatic heterocycles. The second kappa shape index (κ2) is 7.49. The fourth-order valence-electron chi connectivity index (χ4n) is 2.88. The topological polar surface area (TPSA) is 82.5 Å². The van der Waals surface area contributed by atoms with Gasteiger partial charge in [0.05, 0.1) is 5.69 Å². The second-order valence-corrected chi connectivity index (χ2v) is 6.36. The van der Waals surface area contributed by atoms with Crippen LogP contribution in [-0.2, 0) is 13.0 Å². The largest absolute Gasteiger partial charge is 0.424 e. The first-order chi connectivity index (χ1) is 13.2. The highest BCUT2D eigenvalue weighted by Gasteiger charge is 2.09. The summed E-state index contributed by atoms with van der Waals surface area (Å²) in [5.41, 5.74) is 4.01. The van der Waals surface area contributed by atoms with Gasteiger partial charge in [0.1, 0.15) is 6.54 Å². The maximum Gasteiger partial charge on any atom is 0.237 e. The summed E-state index contributed by atoms with van der Waals surface area (Å²) in [6.45, 7) is 4.37. The van der Waals surface area contributed by atoms with Gasteiger partial charge in [-0.05, 0) is 24.1 Å². The molecule has 7 heteroatoms. The molecule has 0 spiro atoms. The first kappa shape index (κ1) is 17.1. The van der Waals surface area contributed by atoms with E-state index in [1.54, 1.807) is 11.6 Å². The zero-order valence-corrected chi connectivity index (χ0v) is 15.3. The Bertz CT molecular complexity index is 1030. The van der Waals surface area contributed by atoms with Gasteiger partial charge in [-0.3, -0.25) is 4.68 Å². The van der Waals surface area contributed by atoms with Crippen molar-refractivity contribution in [2.75, 3.05) is 0 Å². The molecular weight excluding hydrogens is 340 g/mol. The van der Waals surface area contributed by atoms with Crippen molar-refractivity contribution in [1.82, 2.24) is 29.9 Å². The summed E-state index contributed by atoms with van der Waals surface area (Å²) in [5, 5.41) is 12.4. The first-order valence-corrected chi connectivity index (χ1v) is 8.95. The fourth-order valence-corrected chi connectivity index (χ4v) is 2.88. The van der Waals surface area contributed by atoms with Crippen LogP contribution in [0.1, 0.15) is 30.7 Å². The van der Waals surface area contributed by atoms with Crippen molar-refractivity contribution in [2.24, 2.45) is 0 Å². The zero-order valence-electron chi connectivity index (χ0n) is 15.3. The average molecular weight is 360 g/mol. The average Bonchev–Trinajstić information content (AvgIpc) is 3.32. The summed E-state index contributed by atoms with van der Waals surface area (Å²) >= 11 is 0. The quantitative estimate of drug-likeness (QED) is 0.521. The Labute approximate surface area is 157 Å². The van der Waals surface area contributed by atoms with Crippen molar-refractivity contribution < 1.29 is 4.42 Å². The lowest BCUT2D eigenvalue weighted by Gasteiger charge is -2.04. The normalized spacial score (nSPS) is 11.0. The molecule has 0 N–H and O–H groups in total. The molecule has 0 saturated heterocycles. The molecular formula is C20H20N6O. The molecule has 0 radical (unpaired) electrons. The summed E-state index contributed by atoms with van der Waals surface area (Å²) in [4.78, 5) is 9.00. The summed E-state index contributed by atoms with van der Waals surface area (Å²) in [7, 11) is 0. The van der Waals surface area contributed by atoms with E-state index in [9.17, 15) is 0 Å². The summed E-state index contributed by atoms with van der Waals surface area (Å²) < 4.78 is 7.19. The maximum atomic E-state index is 5.41. The molecule has 3 heterocycles. The number of rotatable bonds is 6. The van der Waals surface area contributed by atoms with E-state index in [1.165, 1.54) is 0 Å². The van der Waals surface area contributed by atoms with Crippen LogP contribution in [0.4, 0.5) is 0 Å². The lowest BCUT2D eigenvalue weighted by molar-refractivity contribution is 0.444. The number of benzene rings is 1. The zero-order chi connectivity index (χ0) is 18.6. The molecule has 4 aromatic rings. The Kier molecular flexibility index (Phi) is 4.74. The minimum absolute atomic E-state index is 0.447. The molecule has 27 heavy (non-hydrogen) atoms. The molecule has 0 bridgehead atoms. The van der Waals surface area contributed by atoms with Gasteiger partial charge in [-0.2, -0.15) is 5.10 Å². The number of hydrogen-bond acceptors (Lipinski definition) is 6. The highest BCUT2D eigenvalue weighted by molar-refractivity contribution is 5.67. The number of aromatic nitrogens is 6. The molecule has 7 nitrogen and oxygen atoms in total. The van der Waals surface area contributed by atoms with Crippen LogP contribution in [0.25, 0.3) is 22.6 Å². The van der Waals surface area contributed by atoms with E-state index in [0.717, 1.165) is 41.1 Å².